The quantitative estimate of drug-likeness (QED) is 0.382. The van der Waals surface area contributed by atoms with Crippen LogP contribution in [0.1, 0.15) is 15.4 Å². The Hall–Kier alpha value is -2.36. The van der Waals surface area contributed by atoms with Gasteiger partial charge in [0.2, 0.25) is 5.13 Å². The average molecular weight is 403 g/mol. The number of para-hydroxylation sites is 1. The minimum Gasteiger partial charge on any atom is -0.294 e. The predicted octanol–water partition coefficient (Wildman–Crippen LogP) is 4.83. The largest absolute Gasteiger partial charge is 0.294 e. The van der Waals surface area contributed by atoms with Crippen molar-refractivity contribution in [3.8, 4) is 0 Å². The zero-order valence-electron chi connectivity index (χ0n) is 13.2. The van der Waals surface area contributed by atoms with Crippen molar-refractivity contribution in [1.29, 1.82) is 0 Å². The van der Waals surface area contributed by atoms with Gasteiger partial charge in [-0.3, -0.25) is 10.1 Å². The number of rotatable bonds is 5. The van der Waals surface area contributed by atoms with Crippen molar-refractivity contribution in [2.75, 3.05) is 5.32 Å². The Morgan fingerprint density at radius 3 is 2.85 bits per heavy atom. The van der Waals surface area contributed by atoms with E-state index in [0.717, 1.165) is 15.8 Å². The van der Waals surface area contributed by atoms with Crippen LogP contribution in [-0.2, 0) is 5.75 Å². The number of aromatic nitrogens is 3. The number of nitrogens with one attached hydrogen (secondary N) is 1. The molecule has 5 nitrogen and oxygen atoms in total. The van der Waals surface area contributed by atoms with Crippen LogP contribution in [0.25, 0.3) is 10.2 Å². The summed E-state index contributed by atoms with van der Waals surface area (Å²) in [5, 5.41) is 11.6. The molecule has 0 unspecified atom stereocenters. The first-order chi connectivity index (χ1) is 12.7. The van der Waals surface area contributed by atoms with Crippen LogP contribution in [0.3, 0.4) is 0 Å². The van der Waals surface area contributed by atoms with E-state index in [9.17, 15) is 9.18 Å². The molecule has 26 heavy (non-hydrogen) atoms. The van der Waals surface area contributed by atoms with Crippen LogP contribution >= 0.6 is 34.4 Å². The van der Waals surface area contributed by atoms with Crippen LogP contribution in [0.15, 0.2) is 52.9 Å². The Morgan fingerprint density at radius 1 is 1.12 bits per heavy atom. The Labute approximate surface area is 160 Å². The number of hydrogen-bond donors (Lipinski definition) is 1. The molecule has 0 bridgehead atoms. The number of carbonyl (C=O) groups excluding carboxylic acids is 1. The maximum absolute atomic E-state index is 13.2. The molecular weight excluding hydrogens is 391 g/mol. The van der Waals surface area contributed by atoms with Gasteiger partial charge in [-0.05, 0) is 29.8 Å². The van der Waals surface area contributed by atoms with Gasteiger partial charge in [0.05, 0.1) is 10.2 Å². The maximum Gasteiger partial charge on any atom is 0.286 e. The van der Waals surface area contributed by atoms with E-state index in [4.69, 9.17) is 0 Å². The molecule has 4 aromatic rings. The molecule has 9 heteroatoms. The van der Waals surface area contributed by atoms with E-state index in [1.807, 2.05) is 30.3 Å². The molecule has 2 heterocycles. The average Bonchev–Trinajstić information content (AvgIpc) is 3.26. The number of hydrogen-bond acceptors (Lipinski definition) is 7. The molecule has 0 fully saturated rings. The standard InChI is InChI=1S/C17H11FN4OS3/c18-11-5-3-4-10(8-11)9-24-17-22-21-16(26-17)20-14(23)15-19-12-6-1-2-7-13(12)25-15/h1-8H,9H2,(H,20,21,23). The molecule has 0 aliphatic carbocycles. The van der Waals surface area contributed by atoms with E-state index in [0.29, 0.717) is 20.2 Å². The second-order valence-corrected chi connectivity index (χ2v) is 8.46. The number of anilines is 1. The molecule has 0 aliphatic rings. The first kappa shape index (κ1) is 17.1. The van der Waals surface area contributed by atoms with Gasteiger partial charge in [-0.15, -0.1) is 21.5 Å². The summed E-state index contributed by atoms with van der Waals surface area (Å²) >= 11 is 4.05. The van der Waals surface area contributed by atoms with E-state index < -0.39 is 0 Å². The molecule has 2 aromatic heterocycles. The number of halogens is 1. The van der Waals surface area contributed by atoms with Crippen LogP contribution < -0.4 is 5.32 Å². The monoisotopic (exact) mass is 402 g/mol. The van der Waals surface area contributed by atoms with Gasteiger partial charge >= 0.3 is 0 Å². The predicted molar refractivity (Wildman–Crippen MR) is 103 cm³/mol. The molecular formula is C17H11FN4OS3. The lowest BCUT2D eigenvalue weighted by atomic mass is 10.2. The van der Waals surface area contributed by atoms with E-state index in [1.165, 1.54) is 46.6 Å². The molecule has 1 amide bonds. The van der Waals surface area contributed by atoms with Crippen LogP contribution in [-0.4, -0.2) is 21.1 Å². The van der Waals surface area contributed by atoms with Gasteiger partial charge in [0.25, 0.3) is 5.91 Å². The topological polar surface area (TPSA) is 67.8 Å². The van der Waals surface area contributed by atoms with Crippen molar-refractivity contribution in [2.45, 2.75) is 10.1 Å². The van der Waals surface area contributed by atoms with Gasteiger partial charge in [0, 0.05) is 5.75 Å². The molecule has 0 atom stereocenters. The summed E-state index contributed by atoms with van der Waals surface area (Å²) in [6, 6.07) is 14.0. The highest BCUT2D eigenvalue weighted by Gasteiger charge is 2.15. The second-order valence-electron chi connectivity index (χ2n) is 5.23. The molecule has 4 rings (SSSR count). The van der Waals surface area contributed by atoms with Crippen LogP contribution in [0.2, 0.25) is 0 Å². The highest BCUT2D eigenvalue weighted by molar-refractivity contribution is 8.00. The fourth-order valence-electron chi connectivity index (χ4n) is 2.21. The number of nitrogens with zero attached hydrogens (tertiary/aromatic N) is 3. The Balaban J connectivity index is 1.40. The summed E-state index contributed by atoms with van der Waals surface area (Å²) in [6.07, 6.45) is 0. The minimum atomic E-state index is -0.302. The summed E-state index contributed by atoms with van der Waals surface area (Å²) in [7, 11) is 0. The van der Waals surface area contributed by atoms with Crippen molar-refractivity contribution in [2.24, 2.45) is 0 Å². The molecule has 0 saturated carbocycles. The Kier molecular flexibility index (Phi) is 4.91. The van der Waals surface area contributed by atoms with E-state index >= 15 is 0 Å². The zero-order chi connectivity index (χ0) is 17.9. The molecule has 2 aromatic carbocycles. The highest BCUT2D eigenvalue weighted by Crippen LogP contribution is 2.29. The summed E-state index contributed by atoms with van der Waals surface area (Å²) in [4.78, 5) is 16.7. The molecule has 0 spiro atoms. The minimum absolute atomic E-state index is 0.260. The summed E-state index contributed by atoms with van der Waals surface area (Å²) in [6.45, 7) is 0. The lowest BCUT2D eigenvalue weighted by Crippen LogP contribution is -2.11. The number of fused-ring (bicyclic) bond motifs is 1. The number of thioether (sulfide) groups is 1. The molecule has 0 radical (unpaired) electrons. The summed E-state index contributed by atoms with van der Waals surface area (Å²) in [5.74, 6) is 0.0197. The lowest BCUT2D eigenvalue weighted by molar-refractivity contribution is 0.102. The fraction of sp³-hybridized carbons (Fsp3) is 0.0588. The molecule has 1 N–H and O–H groups in total. The Morgan fingerprint density at radius 2 is 2.00 bits per heavy atom. The molecule has 0 aliphatic heterocycles. The first-order valence-corrected chi connectivity index (χ1v) is 10.2. The smallest absolute Gasteiger partial charge is 0.286 e. The molecule has 130 valence electrons. The summed E-state index contributed by atoms with van der Waals surface area (Å²) in [5.41, 5.74) is 1.66. The third kappa shape index (κ3) is 3.90. The van der Waals surface area contributed by atoms with Crippen molar-refractivity contribution in [3.05, 3.63) is 64.9 Å². The van der Waals surface area contributed by atoms with Crippen LogP contribution in [0.4, 0.5) is 9.52 Å². The number of benzene rings is 2. The highest BCUT2D eigenvalue weighted by atomic mass is 32.2. The number of thiazole rings is 1. The van der Waals surface area contributed by atoms with Gasteiger partial charge in [0.15, 0.2) is 9.35 Å². The van der Waals surface area contributed by atoms with Crippen LogP contribution in [0.5, 0.6) is 0 Å². The summed E-state index contributed by atoms with van der Waals surface area (Å²) < 4.78 is 14.9. The first-order valence-electron chi connectivity index (χ1n) is 7.55. The van der Waals surface area contributed by atoms with E-state index in [-0.39, 0.29) is 11.7 Å². The van der Waals surface area contributed by atoms with Crippen molar-refractivity contribution >= 4 is 55.7 Å². The molecule has 0 saturated heterocycles. The second kappa shape index (κ2) is 7.48. The van der Waals surface area contributed by atoms with Crippen LogP contribution in [0, 0.1) is 5.82 Å². The number of carbonyl (C=O) groups is 1. The van der Waals surface area contributed by atoms with E-state index in [1.54, 1.807) is 6.07 Å². The van der Waals surface area contributed by atoms with Crippen molar-refractivity contribution < 1.29 is 9.18 Å². The van der Waals surface area contributed by atoms with Gasteiger partial charge in [0.1, 0.15) is 5.82 Å². The number of amides is 1. The normalized spacial score (nSPS) is 11.0. The van der Waals surface area contributed by atoms with Gasteiger partial charge in [-0.25, -0.2) is 9.37 Å². The third-order valence-electron chi connectivity index (χ3n) is 3.37. The Bertz CT molecular complexity index is 1050. The zero-order valence-corrected chi connectivity index (χ0v) is 15.6. The lowest BCUT2D eigenvalue weighted by Gasteiger charge is -1.98. The van der Waals surface area contributed by atoms with Gasteiger partial charge in [-0.1, -0.05) is 47.4 Å². The van der Waals surface area contributed by atoms with Gasteiger partial charge in [-0.2, -0.15) is 0 Å². The third-order valence-corrected chi connectivity index (χ3v) is 6.44. The van der Waals surface area contributed by atoms with Gasteiger partial charge < -0.3 is 0 Å². The van der Waals surface area contributed by atoms with Crippen molar-refractivity contribution in [3.63, 3.8) is 0 Å². The van der Waals surface area contributed by atoms with Crippen molar-refractivity contribution in [1.82, 2.24) is 15.2 Å². The fourth-order valence-corrected chi connectivity index (χ4v) is 4.76. The van der Waals surface area contributed by atoms with E-state index in [2.05, 4.69) is 20.5 Å². The SMILES string of the molecule is O=C(Nc1nnc(SCc2cccc(F)c2)s1)c1nc2ccccc2s1. The maximum atomic E-state index is 13.2.